The van der Waals surface area contributed by atoms with E-state index >= 15 is 0 Å². The Morgan fingerprint density at radius 2 is 1.57 bits per heavy atom. The van der Waals surface area contributed by atoms with Gasteiger partial charge in [-0.05, 0) is 47.5 Å². The number of methoxy groups -OCH3 is 1. The first-order chi connectivity index (χ1) is 17.4. The van der Waals surface area contributed by atoms with Crippen LogP contribution in [0, 0.1) is 0 Å². The molecule has 0 saturated carbocycles. The Bertz CT molecular complexity index is 1410. The Morgan fingerprint density at radius 1 is 0.892 bits per heavy atom. The van der Waals surface area contributed by atoms with Gasteiger partial charge in [-0.25, -0.2) is 9.97 Å². The van der Waals surface area contributed by atoms with Crippen LogP contribution in [0.1, 0.15) is 16.7 Å². The Hall–Kier alpha value is -4.06. The minimum Gasteiger partial charge on any atom is -0.496 e. The Kier molecular flexibility index (Phi) is 6.63. The smallest absolute Gasteiger partial charge is 0.411 e. The first kappa shape index (κ1) is 26.0. The highest BCUT2D eigenvalue weighted by Gasteiger charge is 2.72. The van der Waals surface area contributed by atoms with Gasteiger partial charge in [0.05, 0.1) is 19.2 Å². The lowest BCUT2D eigenvalue weighted by Gasteiger charge is -2.38. The van der Waals surface area contributed by atoms with Crippen molar-refractivity contribution in [2.75, 3.05) is 18.2 Å². The molecule has 0 bridgehead atoms. The molecule has 0 amide bonds. The van der Waals surface area contributed by atoms with Crippen LogP contribution in [0.2, 0.25) is 0 Å². The summed E-state index contributed by atoms with van der Waals surface area (Å²) in [7, 11) is 1.41. The van der Waals surface area contributed by atoms with Crippen LogP contribution in [-0.4, -0.2) is 34.5 Å². The summed E-state index contributed by atoms with van der Waals surface area (Å²) < 4.78 is 91.1. The second kappa shape index (κ2) is 9.43. The fourth-order valence-electron chi connectivity index (χ4n) is 4.23. The van der Waals surface area contributed by atoms with Crippen molar-refractivity contribution in [2.24, 2.45) is 0 Å². The zero-order valence-electron chi connectivity index (χ0n) is 19.2. The molecule has 6 nitrogen and oxygen atoms in total. The van der Waals surface area contributed by atoms with E-state index in [2.05, 4.69) is 15.3 Å². The molecule has 12 heteroatoms. The maximum Gasteiger partial charge on any atom is 0.411 e. The maximum atomic E-state index is 14.3. The van der Waals surface area contributed by atoms with Crippen LogP contribution in [0.15, 0.2) is 67.0 Å². The van der Waals surface area contributed by atoms with Crippen molar-refractivity contribution in [3.8, 4) is 5.75 Å². The van der Waals surface area contributed by atoms with Gasteiger partial charge in [-0.1, -0.05) is 24.3 Å². The molecule has 0 saturated heterocycles. The van der Waals surface area contributed by atoms with Gasteiger partial charge < -0.3 is 20.9 Å². The van der Waals surface area contributed by atoms with E-state index in [9.17, 15) is 31.4 Å². The summed E-state index contributed by atoms with van der Waals surface area (Å²) in [5, 5.41) is 12.9. The van der Waals surface area contributed by atoms with Crippen LogP contribution in [0.3, 0.4) is 0 Å². The summed E-state index contributed by atoms with van der Waals surface area (Å²) in [5.74, 6) is 0.583. The van der Waals surface area contributed by atoms with Crippen molar-refractivity contribution in [1.29, 1.82) is 0 Å². The van der Waals surface area contributed by atoms with Crippen molar-refractivity contribution < 1.29 is 36.2 Å². The van der Waals surface area contributed by atoms with Gasteiger partial charge in [-0.15, -0.1) is 0 Å². The number of nitrogens with two attached hydrogens (primary N) is 1. The predicted octanol–water partition coefficient (Wildman–Crippen LogP) is 5.87. The molecule has 1 aromatic heterocycles. The van der Waals surface area contributed by atoms with Crippen LogP contribution in [0.25, 0.3) is 10.9 Å². The number of nitrogens with one attached hydrogen (secondary N) is 1. The first-order valence-electron chi connectivity index (χ1n) is 10.7. The molecule has 0 unspecified atom stereocenters. The summed E-state index contributed by atoms with van der Waals surface area (Å²) in [6, 6.07) is 10.6. The molecule has 4 aromatic rings. The van der Waals surface area contributed by atoms with E-state index in [-0.39, 0.29) is 23.8 Å². The number of halogens is 6. The minimum absolute atomic E-state index is 0.180. The third-order valence-electron chi connectivity index (χ3n) is 5.96. The molecule has 37 heavy (non-hydrogen) atoms. The molecule has 0 aliphatic heterocycles. The monoisotopic (exact) mass is 522 g/mol. The van der Waals surface area contributed by atoms with Crippen molar-refractivity contribution in [1.82, 2.24) is 9.97 Å². The standard InChI is InChI=1S/C25H20F6N4O2/c1-37-21-11-19-20(9-14(21)12-36)33-13-34-22(19)35-18-7-5-15(6-8-18)23(24(26,27)28,25(29,30)31)16-3-2-4-17(32)10-16/h2-11,13,36H,12,32H2,1H3,(H,33,34,35). The minimum atomic E-state index is -5.72. The van der Waals surface area contributed by atoms with Gasteiger partial charge in [0.25, 0.3) is 0 Å². The van der Waals surface area contributed by atoms with E-state index in [1.54, 1.807) is 12.1 Å². The van der Waals surface area contributed by atoms with E-state index in [1.165, 1.54) is 19.5 Å². The fraction of sp³-hybridized carbons (Fsp3) is 0.200. The molecule has 0 radical (unpaired) electrons. The van der Waals surface area contributed by atoms with Gasteiger partial charge in [-0.2, -0.15) is 26.3 Å². The molecule has 4 rings (SSSR count). The first-order valence-corrected chi connectivity index (χ1v) is 10.7. The number of aliphatic hydroxyl groups is 1. The highest BCUT2D eigenvalue weighted by Crippen LogP contribution is 2.56. The summed E-state index contributed by atoms with van der Waals surface area (Å²) in [6.45, 7) is -0.305. The number of anilines is 3. The molecule has 194 valence electrons. The van der Waals surface area contributed by atoms with Crippen molar-refractivity contribution >= 4 is 28.1 Å². The van der Waals surface area contributed by atoms with Crippen LogP contribution < -0.4 is 15.8 Å². The summed E-state index contributed by atoms with van der Waals surface area (Å²) >= 11 is 0. The van der Waals surface area contributed by atoms with Crippen LogP contribution in [0.5, 0.6) is 5.75 Å². The molecule has 3 aromatic carbocycles. The van der Waals surface area contributed by atoms with Crippen LogP contribution in [-0.2, 0) is 12.0 Å². The molecule has 0 aliphatic rings. The average molecular weight is 522 g/mol. The largest absolute Gasteiger partial charge is 0.496 e. The Morgan fingerprint density at radius 3 is 2.14 bits per heavy atom. The zero-order chi connectivity index (χ0) is 27.0. The molecule has 4 N–H and O–H groups in total. The number of hydrogen-bond acceptors (Lipinski definition) is 6. The molecule has 0 fully saturated rings. The van der Waals surface area contributed by atoms with E-state index in [0.29, 0.717) is 28.3 Å². The van der Waals surface area contributed by atoms with E-state index in [4.69, 9.17) is 10.5 Å². The quantitative estimate of drug-likeness (QED) is 0.217. The van der Waals surface area contributed by atoms with Gasteiger partial charge >= 0.3 is 12.4 Å². The van der Waals surface area contributed by atoms with Gasteiger partial charge in [0.2, 0.25) is 5.41 Å². The van der Waals surface area contributed by atoms with Gasteiger partial charge in [0.1, 0.15) is 17.9 Å². The van der Waals surface area contributed by atoms with Gasteiger partial charge in [0, 0.05) is 22.3 Å². The number of nitrogens with zero attached hydrogens (tertiary/aromatic N) is 2. The zero-order valence-corrected chi connectivity index (χ0v) is 19.2. The molecular weight excluding hydrogens is 502 g/mol. The number of aromatic nitrogens is 2. The lowest BCUT2D eigenvalue weighted by atomic mass is 9.72. The van der Waals surface area contributed by atoms with Crippen molar-refractivity contribution in [2.45, 2.75) is 24.4 Å². The Labute approximate surface area is 206 Å². The Balaban J connectivity index is 1.80. The molecule has 0 spiro atoms. The molecule has 1 heterocycles. The number of nitrogen functional groups attached to an aromatic ring is 1. The molecular formula is C25H20F6N4O2. The van der Waals surface area contributed by atoms with Crippen LogP contribution in [0.4, 0.5) is 43.5 Å². The number of ether oxygens (including phenoxy) is 1. The molecule has 0 aliphatic carbocycles. The summed E-state index contributed by atoms with van der Waals surface area (Å²) in [6.07, 6.45) is -10.2. The number of aliphatic hydroxyl groups excluding tert-OH is 1. The number of fused-ring (bicyclic) bond motifs is 1. The van der Waals surface area contributed by atoms with Gasteiger partial charge in [-0.3, -0.25) is 0 Å². The van der Waals surface area contributed by atoms with E-state index < -0.39 is 28.9 Å². The van der Waals surface area contributed by atoms with Crippen LogP contribution >= 0.6 is 0 Å². The number of hydrogen-bond donors (Lipinski definition) is 3. The second-order valence-electron chi connectivity index (χ2n) is 8.13. The van der Waals surface area contributed by atoms with Crippen molar-refractivity contribution in [3.05, 3.63) is 83.7 Å². The number of benzene rings is 3. The third-order valence-corrected chi connectivity index (χ3v) is 5.96. The SMILES string of the molecule is COc1cc2c(Nc3ccc(C(c4cccc(N)c4)(C(F)(F)F)C(F)(F)F)cc3)ncnc2cc1CO. The number of rotatable bonds is 6. The summed E-state index contributed by atoms with van der Waals surface area (Å²) in [5.41, 5.74) is 0.0300. The topological polar surface area (TPSA) is 93.3 Å². The lowest BCUT2D eigenvalue weighted by Crippen LogP contribution is -2.54. The predicted molar refractivity (Wildman–Crippen MR) is 125 cm³/mol. The second-order valence-corrected chi connectivity index (χ2v) is 8.13. The van der Waals surface area contributed by atoms with Crippen molar-refractivity contribution in [3.63, 3.8) is 0 Å². The van der Waals surface area contributed by atoms with E-state index in [0.717, 1.165) is 36.4 Å². The third kappa shape index (κ3) is 4.48. The summed E-state index contributed by atoms with van der Waals surface area (Å²) in [4.78, 5) is 8.26. The fourth-order valence-corrected chi connectivity index (χ4v) is 4.23. The van der Waals surface area contributed by atoms with E-state index in [1.807, 2.05) is 0 Å². The van der Waals surface area contributed by atoms with Gasteiger partial charge in [0.15, 0.2) is 0 Å². The maximum absolute atomic E-state index is 14.3. The lowest BCUT2D eigenvalue weighted by molar-refractivity contribution is -0.288. The number of alkyl halides is 6. The normalized spacial score (nSPS) is 12.5. The molecule has 0 atom stereocenters. The highest BCUT2D eigenvalue weighted by molar-refractivity contribution is 5.92. The average Bonchev–Trinajstić information content (AvgIpc) is 2.83. The highest BCUT2D eigenvalue weighted by atomic mass is 19.4.